The lowest BCUT2D eigenvalue weighted by Gasteiger charge is -2.07. The number of hydrogen-bond donors (Lipinski definition) is 2. The van der Waals surface area contributed by atoms with Gasteiger partial charge in [0.1, 0.15) is 4.21 Å². The number of amides is 1. The van der Waals surface area contributed by atoms with Crippen LogP contribution in [0.15, 0.2) is 39.9 Å². The van der Waals surface area contributed by atoms with Gasteiger partial charge in [0.2, 0.25) is 10.0 Å². The van der Waals surface area contributed by atoms with Crippen molar-refractivity contribution in [3.8, 4) is 0 Å². The van der Waals surface area contributed by atoms with E-state index in [1.807, 2.05) is 0 Å². The van der Waals surface area contributed by atoms with E-state index in [0.717, 1.165) is 23.0 Å². The maximum Gasteiger partial charge on any atom is 0.339 e. The summed E-state index contributed by atoms with van der Waals surface area (Å²) in [6, 6.07) is 8.11. The van der Waals surface area contributed by atoms with Gasteiger partial charge in [-0.25, -0.2) is 18.4 Å². The van der Waals surface area contributed by atoms with Crippen molar-refractivity contribution in [1.29, 1.82) is 0 Å². The highest BCUT2D eigenvalue weighted by molar-refractivity contribution is 7.91. The second kappa shape index (κ2) is 7.75. The van der Waals surface area contributed by atoms with Gasteiger partial charge in [0.05, 0.1) is 5.56 Å². The van der Waals surface area contributed by atoms with E-state index in [0.29, 0.717) is 5.02 Å². The van der Waals surface area contributed by atoms with Gasteiger partial charge < -0.3 is 10.1 Å². The number of thiophene rings is 1. The molecule has 1 aromatic carbocycles. The Morgan fingerprint density at radius 2 is 2.00 bits per heavy atom. The molecule has 128 valence electrons. The van der Waals surface area contributed by atoms with Crippen molar-refractivity contribution >= 4 is 44.8 Å². The van der Waals surface area contributed by atoms with E-state index in [-0.39, 0.29) is 16.3 Å². The number of ether oxygens (including phenoxy) is 1. The number of sulfonamides is 1. The normalized spacial score (nSPS) is 11.1. The SMILES string of the molecule is NS(=O)(=O)c1cc(C(=O)OCC(=O)NCc2ccccc2Cl)cs1. The molecular formula is C14H13ClN2O5S2. The summed E-state index contributed by atoms with van der Waals surface area (Å²) in [6.45, 7) is -0.298. The average Bonchev–Trinajstić information content (AvgIpc) is 3.02. The summed E-state index contributed by atoms with van der Waals surface area (Å²) in [5, 5.41) is 9.33. The molecule has 1 amide bonds. The molecule has 0 aliphatic carbocycles. The van der Waals surface area contributed by atoms with Crippen molar-refractivity contribution in [3.05, 3.63) is 51.9 Å². The zero-order valence-electron chi connectivity index (χ0n) is 12.2. The Morgan fingerprint density at radius 3 is 2.62 bits per heavy atom. The molecule has 0 aliphatic rings. The molecule has 1 heterocycles. The van der Waals surface area contributed by atoms with E-state index in [9.17, 15) is 18.0 Å². The maximum atomic E-state index is 11.8. The predicted molar refractivity (Wildman–Crippen MR) is 89.3 cm³/mol. The Labute approximate surface area is 147 Å². The van der Waals surface area contributed by atoms with Crippen LogP contribution in [0.3, 0.4) is 0 Å². The van der Waals surface area contributed by atoms with E-state index < -0.39 is 28.5 Å². The van der Waals surface area contributed by atoms with Crippen molar-refractivity contribution in [2.24, 2.45) is 5.14 Å². The van der Waals surface area contributed by atoms with Crippen LogP contribution in [0.1, 0.15) is 15.9 Å². The fraction of sp³-hybridized carbons (Fsp3) is 0.143. The van der Waals surface area contributed by atoms with Crippen LogP contribution in [-0.4, -0.2) is 26.9 Å². The lowest BCUT2D eigenvalue weighted by molar-refractivity contribution is -0.124. The van der Waals surface area contributed by atoms with Gasteiger partial charge in [-0.05, 0) is 17.7 Å². The smallest absolute Gasteiger partial charge is 0.339 e. The Balaban J connectivity index is 1.84. The van der Waals surface area contributed by atoms with Gasteiger partial charge in [-0.2, -0.15) is 0 Å². The number of benzene rings is 1. The standard InChI is InChI=1S/C14H13ClN2O5S2/c15-11-4-2-1-3-9(11)6-17-12(18)7-22-14(19)10-5-13(23-8-10)24(16,20)21/h1-5,8H,6-7H2,(H,17,18)(H2,16,20,21). The molecule has 2 rings (SSSR count). The van der Waals surface area contributed by atoms with Crippen LogP contribution >= 0.6 is 22.9 Å². The summed E-state index contributed by atoms with van der Waals surface area (Å²) in [5.41, 5.74) is 0.748. The van der Waals surface area contributed by atoms with Gasteiger partial charge in [0.25, 0.3) is 5.91 Å². The van der Waals surface area contributed by atoms with Crippen molar-refractivity contribution < 1.29 is 22.7 Å². The van der Waals surface area contributed by atoms with Gasteiger partial charge in [-0.15, -0.1) is 11.3 Å². The number of carbonyl (C=O) groups excluding carboxylic acids is 2. The van der Waals surface area contributed by atoms with Crippen molar-refractivity contribution in [1.82, 2.24) is 5.32 Å². The van der Waals surface area contributed by atoms with Crippen molar-refractivity contribution in [2.45, 2.75) is 10.8 Å². The van der Waals surface area contributed by atoms with Gasteiger partial charge in [0.15, 0.2) is 6.61 Å². The first kappa shape index (κ1) is 18.4. The molecule has 0 bridgehead atoms. The minimum absolute atomic E-state index is 0.0166. The highest BCUT2D eigenvalue weighted by Crippen LogP contribution is 2.19. The zero-order chi connectivity index (χ0) is 17.7. The molecule has 3 N–H and O–H groups in total. The van der Waals surface area contributed by atoms with Gasteiger partial charge >= 0.3 is 5.97 Å². The molecule has 0 aliphatic heterocycles. The Morgan fingerprint density at radius 1 is 1.29 bits per heavy atom. The minimum atomic E-state index is -3.87. The van der Waals surface area contributed by atoms with Crippen LogP contribution in [0.2, 0.25) is 5.02 Å². The highest BCUT2D eigenvalue weighted by Gasteiger charge is 2.17. The highest BCUT2D eigenvalue weighted by atomic mass is 35.5. The fourth-order valence-corrected chi connectivity index (χ4v) is 3.45. The fourth-order valence-electron chi connectivity index (χ4n) is 1.67. The number of primary sulfonamides is 1. The van der Waals surface area contributed by atoms with E-state index in [2.05, 4.69) is 5.32 Å². The van der Waals surface area contributed by atoms with E-state index in [1.54, 1.807) is 24.3 Å². The quantitative estimate of drug-likeness (QED) is 0.728. The molecule has 2 aromatic rings. The van der Waals surface area contributed by atoms with Crippen LogP contribution < -0.4 is 10.5 Å². The predicted octanol–water partition coefficient (Wildman–Crippen LogP) is 1.52. The minimum Gasteiger partial charge on any atom is -0.452 e. The first-order chi connectivity index (χ1) is 11.3. The lowest BCUT2D eigenvalue weighted by Crippen LogP contribution is -2.28. The van der Waals surface area contributed by atoms with E-state index in [1.165, 1.54) is 5.38 Å². The molecule has 1 aromatic heterocycles. The van der Waals surface area contributed by atoms with Crippen LogP contribution in [-0.2, 0) is 26.1 Å². The summed E-state index contributed by atoms with van der Waals surface area (Å²) in [6.07, 6.45) is 0. The second-order valence-corrected chi connectivity index (χ2v) is 7.75. The van der Waals surface area contributed by atoms with Crippen LogP contribution in [0, 0.1) is 0 Å². The summed E-state index contributed by atoms with van der Waals surface area (Å²) in [4.78, 5) is 23.4. The number of nitrogens with one attached hydrogen (secondary N) is 1. The Kier molecular flexibility index (Phi) is 5.94. The van der Waals surface area contributed by atoms with Gasteiger partial charge in [0, 0.05) is 16.9 Å². The largest absolute Gasteiger partial charge is 0.452 e. The molecule has 0 saturated heterocycles. The van der Waals surface area contributed by atoms with Crippen molar-refractivity contribution in [3.63, 3.8) is 0 Å². The molecule has 7 nitrogen and oxygen atoms in total. The molecule has 24 heavy (non-hydrogen) atoms. The number of hydrogen-bond acceptors (Lipinski definition) is 6. The molecule has 0 atom stereocenters. The summed E-state index contributed by atoms with van der Waals surface area (Å²) >= 11 is 6.76. The number of rotatable bonds is 6. The molecule has 10 heteroatoms. The Bertz CT molecular complexity index is 864. The molecule has 0 unspecified atom stereocenters. The topological polar surface area (TPSA) is 116 Å². The van der Waals surface area contributed by atoms with Crippen LogP contribution in [0.4, 0.5) is 0 Å². The molecule has 0 spiro atoms. The number of esters is 1. The van der Waals surface area contributed by atoms with Crippen LogP contribution in [0.25, 0.3) is 0 Å². The zero-order valence-corrected chi connectivity index (χ0v) is 14.6. The van der Waals surface area contributed by atoms with Gasteiger partial charge in [-0.1, -0.05) is 29.8 Å². The third-order valence-electron chi connectivity index (χ3n) is 2.86. The molecule has 0 saturated carbocycles. The monoisotopic (exact) mass is 388 g/mol. The lowest BCUT2D eigenvalue weighted by atomic mass is 10.2. The second-order valence-electron chi connectivity index (χ2n) is 4.64. The first-order valence-electron chi connectivity index (χ1n) is 6.56. The number of halogens is 1. The average molecular weight is 389 g/mol. The van der Waals surface area contributed by atoms with E-state index in [4.69, 9.17) is 21.5 Å². The first-order valence-corrected chi connectivity index (χ1v) is 9.36. The molecule has 0 radical (unpaired) electrons. The maximum absolute atomic E-state index is 11.8. The summed E-state index contributed by atoms with van der Waals surface area (Å²) in [7, 11) is -3.87. The third kappa shape index (κ3) is 5.03. The van der Waals surface area contributed by atoms with Crippen molar-refractivity contribution in [2.75, 3.05) is 6.61 Å². The number of nitrogens with two attached hydrogens (primary N) is 1. The summed E-state index contributed by atoms with van der Waals surface area (Å²) < 4.78 is 27.0. The summed E-state index contributed by atoms with van der Waals surface area (Å²) in [5.74, 6) is -1.32. The molecular weight excluding hydrogens is 376 g/mol. The number of carbonyl (C=O) groups is 2. The van der Waals surface area contributed by atoms with Crippen LogP contribution in [0.5, 0.6) is 0 Å². The third-order valence-corrected chi connectivity index (χ3v) is 5.61. The Hall–Kier alpha value is -1.94. The van der Waals surface area contributed by atoms with E-state index >= 15 is 0 Å². The molecule has 0 fully saturated rings. The van der Waals surface area contributed by atoms with Gasteiger partial charge in [-0.3, -0.25) is 4.79 Å².